The van der Waals surface area contributed by atoms with Crippen LogP contribution in [0.25, 0.3) is 0 Å². The van der Waals surface area contributed by atoms with E-state index in [0.717, 1.165) is 11.3 Å². The van der Waals surface area contributed by atoms with Crippen molar-refractivity contribution >= 4 is 27.5 Å². The van der Waals surface area contributed by atoms with Crippen molar-refractivity contribution in [2.75, 3.05) is 0 Å². The number of halogens is 3. The molecule has 94 valence electrons. The molecular formula is C14H11BrClFO. The minimum atomic E-state index is -0.313. The third-order valence-corrected chi connectivity index (χ3v) is 3.48. The Morgan fingerprint density at radius 3 is 2.67 bits per heavy atom. The average Bonchev–Trinajstić information content (AvgIpc) is 2.40. The zero-order valence-corrected chi connectivity index (χ0v) is 11.8. The van der Waals surface area contributed by atoms with Crippen molar-refractivity contribution in [1.82, 2.24) is 0 Å². The highest BCUT2D eigenvalue weighted by molar-refractivity contribution is 9.08. The molecule has 0 aliphatic carbocycles. The van der Waals surface area contributed by atoms with Crippen LogP contribution in [0.3, 0.4) is 0 Å². The van der Waals surface area contributed by atoms with E-state index >= 15 is 0 Å². The number of alkyl halides is 1. The molecule has 0 heterocycles. The summed E-state index contributed by atoms with van der Waals surface area (Å²) in [5.74, 6) is 0.460. The second-order valence-electron chi connectivity index (χ2n) is 3.77. The van der Waals surface area contributed by atoms with Gasteiger partial charge in [-0.2, -0.15) is 0 Å². The molecule has 0 bridgehead atoms. The first kappa shape index (κ1) is 13.4. The SMILES string of the molecule is Fc1ccc(Cl)c(COc2ccccc2CBr)c1. The number of para-hydroxylation sites is 1. The molecule has 0 aliphatic rings. The second-order valence-corrected chi connectivity index (χ2v) is 4.73. The Hall–Kier alpha value is -1.06. The van der Waals surface area contributed by atoms with Crippen LogP contribution in [0.4, 0.5) is 4.39 Å². The lowest BCUT2D eigenvalue weighted by Crippen LogP contribution is -1.99. The predicted molar refractivity (Wildman–Crippen MR) is 74.8 cm³/mol. The number of hydrogen-bond acceptors (Lipinski definition) is 1. The van der Waals surface area contributed by atoms with Crippen LogP contribution in [-0.4, -0.2) is 0 Å². The summed E-state index contributed by atoms with van der Waals surface area (Å²) in [7, 11) is 0. The fourth-order valence-electron chi connectivity index (χ4n) is 1.56. The lowest BCUT2D eigenvalue weighted by molar-refractivity contribution is 0.303. The first-order chi connectivity index (χ1) is 8.70. The fraction of sp³-hybridized carbons (Fsp3) is 0.143. The van der Waals surface area contributed by atoms with Crippen LogP contribution in [-0.2, 0) is 11.9 Å². The van der Waals surface area contributed by atoms with Crippen LogP contribution in [0.5, 0.6) is 5.75 Å². The molecule has 0 aliphatic heterocycles. The van der Waals surface area contributed by atoms with E-state index in [1.807, 2.05) is 24.3 Å². The van der Waals surface area contributed by atoms with Gasteiger partial charge in [0, 0.05) is 21.5 Å². The van der Waals surface area contributed by atoms with Crippen molar-refractivity contribution in [3.8, 4) is 5.75 Å². The number of benzene rings is 2. The van der Waals surface area contributed by atoms with Gasteiger partial charge in [0.1, 0.15) is 18.2 Å². The Morgan fingerprint density at radius 2 is 1.89 bits per heavy atom. The first-order valence-corrected chi connectivity index (χ1v) is 6.91. The molecule has 18 heavy (non-hydrogen) atoms. The average molecular weight is 330 g/mol. The van der Waals surface area contributed by atoms with Gasteiger partial charge in [-0.3, -0.25) is 0 Å². The molecule has 0 saturated carbocycles. The monoisotopic (exact) mass is 328 g/mol. The summed E-state index contributed by atoms with van der Waals surface area (Å²) in [5.41, 5.74) is 1.69. The van der Waals surface area contributed by atoms with Gasteiger partial charge >= 0.3 is 0 Å². The number of ether oxygens (including phenoxy) is 1. The third-order valence-electron chi connectivity index (χ3n) is 2.51. The molecule has 0 radical (unpaired) electrons. The predicted octanol–water partition coefficient (Wildman–Crippen LogP) is 4.95. The Bertz CT molecular complexity index is 545. The van der Waals surface area contributed by atoms with Gasteiger partial charge in [-0.25, -0.2) is 4.39 Å². The van der Waals surface area contributed by atoms with Gasteiger partial charge in [-0.15, -0.1) is 0 Å². The maximum Gasteiger partial charge on any atom is 0.123 e. The fourth-order valence-corrected chi connectivity index (χ4v) is 2.20. The molecule has 2 rings (SSSR count). The first-order valence-electron chi connectivity index (χ1n) is 5.41. The van der Waals surface area contributed by atoms with Gasteiger partial charge in [0.05, 0.1) is 0 Å². The largest absolute Gasteiger partial charge is 0.489 e. The highest BCUT2D eigenvalue weighted by atomic mass is 79.9. The lowest BCUT2D eigenvalue weighted by atomic mass is 10.2. The van der Waals surface area contributed by atoms with E-state index in [0.29, 0.717) is 15.9 Å². The summed E-state index contributed by atoms with van der Waals surface area (Å²) in [5, 5.41) is 1.22. The summed E-state index contributed by atoms with van der Waals surface area (Å²) >= 11 is 9.37. The third kappa shape index (κ3) is 3.24. The molecule has 1 nitrogen and oxygen atoms in total. The van der Waals surface area contributed by atoms with E-state index in [-0.39, 0.29) is 12.4 Å². The van der Waals surface area contributed by atoms with E-state index in [9.17, 15) is 4.39 Å². The van der Waals surface area contributed by atoms with Gasteiger partial charge in [0.2, 0.25) is 0 Å². The maximum atomic E-state index is 13.1. The van der Waals surface area contributed by atoms with Gasteiger partial charge < -0.3 is 4.74 Å². The molecule has 0 saturated heterocycles. The van der Waals surface area contributed by atoms with Gasteiger partial charge in [0.25, 0.3) is 0 Å². The van der Waals surface area contributed by atoms with E-state index in [2.05, 4.69) is 15.9 Å². The summed E-state index contributed by atoms with van der Waals surface area (Å²) in [4.78, 5) is 0. The van der Waals surface area contributed by atoms with E-state index < -0.39 is 0 Å². The Labute approximate surface area is 119 Å². The summed E-state index contributed by atoms with van der Waals surface area (Å²) in [6, 6.07) is 11.9. The van der Waals surface area contributed by atoms with E-state index in [1.54, 1.807) is 0 Å². The molecule has 0 spiro atoms. The normalized spacial score (nSPS) is 10.4. The Morgan fingerprint density at radius 1 is 1.11 bits per heavy atom. The summed E-state index contributed by atoms with van der Waals surface area (Å²) in [6.07, 6.45) is 0. The molecule has 0 fully saturated rings. The lowest BCUT2D eigenvalue weighted by Gasteiger charge is -2.10. The Kier molecular flexibility index (Phi) is 4.61. The molecule has 4 heteroatoms. The molecule has 0 amide bonds. The van der Waals surface area contributed by atoms with Crippen LogP contribution >= 0.6 is 27.5 Å². The molecule has 0 aromatic heterocycles. The summed E-state index contributed by atoms with van der Waals surface area (Å²) < 4.78 is 18.8. The molecule has 2 aromatic carbocycles. The number of rotatable bonds is 4. The van der Waals surface area contributed by atoms with Crippen molar-refractivity contribution in [3.63, 3.8) is 0 Å². The van der Waals surface area contributed by atoms with Gasteiger partial charge in [-0.1, -0.05) is 45.7 Å². The van der Waals surface area contributed by atoms with Crippen LogP contribution in [0, 0.1) is 5.82 Å². The second kappa shape index (κ2) is 6.21. The van der Waals surface area contributed by atoms with Crippen LogP contribution in [0.15, 0.2) is 42.5 Å². The Balaban J connectivity index is 2.14. The van der Waals surface area contributed by atoms with Crippen LogP contribution < -0.4 is 4.74 Å². The minimum absolute atomic E-state index is 0.251. The van der Waals surface area contributed by atoms with E-state index in [4.69, 9.17) is 16.3 Å². The highest BCUT2D eigenvalue weighted by Crippen LogP contribution is 2.24. The number of hydrogen-bond donors (Lipinski definition) is 0. The molecular weight excluding hydrogens is 319 g/mol. The topological polar surface area (TPSA) is 9.23 Å². The van der Waals surface area contributed by atoms with E-state index in [1.165, 1.54) is 18.2 Å². The van der Waals surface area contributed by atoms with Crippen molar-refractivity contribution in [2.24, 2.45) is 0 Å². The molecule has 0 unspecified atom stereocenters. The van der Waals surface area contributed by atoms with Gasteiger partial charge in [-0.05, 0) is 24.3 Å². The molecule has 0 N–H and O–H groups in total. The zero-order chi connectivity index (χ0) is 13.0. The van der Waals surface area contributed by atoms with Gasteiger partial charge in [0.15, 0.2) is 0 Å². The zero-order valence-electron chi connectivity index (χ0n) is 9.50. The maximum absolute atomic E-state index is 13.1. The van der Waals surface area contributed by atoms with Crippen molar-refractivity contribution in [3.05, 3.63) is 64.4 Å². The standard InChI is InChI=1S/C14H11BrClFO/c15-8-10-3-1-2-4-14(10)18-9-11-7-12(17)5-6-13(11)16/h1-7H,8-9H2. The molecule has 2 aromatic rings. The van der Waals surface area contributed by atoms with Crippen molar-refractivity contribution in [2.45, 2.75) is 11.9 Å². The van der Waals surface area contributed by atoms with Crippen molar-refractivity contribution in [1.29, 1.82) is 0 Å². The quantitative estimate of drug-likeness (QED) is 0.721. The highest BCUT2D eigenvalue weighted by Gasteiger charge is 2.05. The molecule has 0 atom stereocenters. The summed E-state index contributed by atoms with van der Waals surface area (Å²) in [6.45, 7) is 0.251. The smallest absolute Gasteiger partial charge is 0.123 e. The minimum Gasteiger partial charge on any atom is -0.489 e. The van der Waals surface area contributed by atoms with Crippen LogP contribution in [0.2, 0.25) is 5.02 Å². The van der Waals surface area contributed by atoms with Crippen molar-refractivity contribution < 1.29 is 9.13 Å². The van der Waals surface area contributed by atoms with Crippen LogP contribution in [0.1, 0.15) is 11.1 Å².